The lowest BCUT2D eigenvalue weighted by atomic mass is 10.1. The molecule has 3 nitrogen and oxygen atoms in total. The quantitative estimate of drug-likeness (QED) is 0.778. The maximum atomic E-state index is 12.0. The molecule has 2 aromatic rings. The molecule has 2 heterocycles. The lowest BCUT2D eigenvalue weighted by Gasteiger charge is -2.17. The van der Waals surface area contributed by atoms with E-state index in [0.29, 0.717) is 18.8 Å². The zero-order valence-electron chi connectivity index (χ0n) is 9.84. The van der Waals surface area contributed by atoms with E-state index in [1.54, 1.807) is 11.1 Å². The first-order chi connectivity index (χ1) is 8.79. The summed E-state index contributed by atoms with van der Waals surface area (Å²) in [5.41, 5.74) is 0. The summed E-state index contributed by atoms with van der Waals surface area (Å²) in [5, 5.41) is 2.12. The Bertz CT molecular complexity index is 594. The van der Waals surface area contributed by atoms with Gasteiger partial charge < -0.3 is 0 Å². The van der Waals surface area contributed by atoms with Gasteiger partial charge in [0, 0.05) is 30.4 Å². The average Bonchev–Trinajstić information content (AvgIpc) is 2.79. The third-order valence-electron chi connectivity index (χ3n) is 3.33. The molecule has 1 fully saturated rings. The Kier molecular flexibility index (Phi) is 2.92. The standard InChI is InChI=1S/C14H13ClN2O/c15-8-10-7-13(18)17(9-10)14-12-4-2-1-3-11(12)5-6-16-14/h1-6,10H,7-9H2. The first kappa shape index (κ1) is 11.5. The molecule has 0 saturated carbocycles. The predicted octanol–water partition coefficient (Wildman–Crippen LogP) is 2.83. The Morgan fingerprint density at radius 1 is 1.33 bits per heavy atom. The lowest BCUT2D eigenvalue weighted by Crippen LogP contribution is -2.25. The van der Waals surface area contributed by atoms with Crippen molar-refractivity contribution in [1.29, 1.82) is 0 Å². The SMILES string of the molecule is O=C1CC(CCl)CN1c1nccc2ccccc12. The molecule has 1 atom stereocenters. The fourth-order valence-corrected chi connectivity index (χ4v) is 2.62. The van der Waals surface area contributed by atoms with E-state index in [1.807, 2.05) is 30.3 Å². The zero-order valence-corrected chi connectivity index (χ0v) is 10.6. The topological polar surface area (TPSA) is 33.2 Å². The average molecular weight is 261 g/mol. The molecule has 1 aliphatic heterocycles. The third-order valence-corrected chi connectivity index (χ3v) is 3.77. The van der Waals surface area contributed by atoms with Gasteiger partial charge in [0.15, 0.2) is 0 Å². The van der Waals surface area contributed by atoms with Crippen LogP contribution in [-0.2, 0) is 4.79 Å². The van der Waals surface area contributed by atoms with Gasteiger partial charge >= 0.3 is 0 Å². The fourth-order valence-electron chi connectivity index (χ4n) is 2.41. The molecule has 92 valence electrons. The van der Waals surface area contributed by atoms with Crippen LogP contribution in [0.3, 0.4) is 0 Å². The van der Waals surface area contributed by atoms with Crippen LogP contribution in [0.25, 0.3) is 10.8 Å². The molecule has 1 amide bonds. The number of rotatable bonds is 2. The van der Waals surface area contributed by atoms with Crippen LogP contribution >= 0.6 is 11.6 Å². The smallest absolute Gasteiger partial charge is 0.228 e. The van der Waals surface area contributed by atoms with Gasteiger partial charge in [0.2, 0.25) is 5.91 Å². The van der Waals surface area contributed by atoms with E-state index < -0.39 is 0 Å². The predicted molar refractivity (Wildman–Crippen MR) is 72.9 cm³/mol. The van der Waals surface area contributed by atoms with Crippen LogP contribution in [0.4, 0.5) is 5.82 Å². The molecule has 1 unspecified atom stereocenters. The third kappa shape index (κ3) is 1.85. The van der Waals surface area contributed by atoms with Gasteiger partial charge in [-0.25, -0.2) is 4.98 Å². The van der Waals surface area contributed by atoms with Crippen LogP contribution in [0.15, 0.2) is 36.5 Å². The van der Waals surface area contributed by atoms with Crippen molar-refractivity contribution in [2.24, 2.45) is 5.92 Å². The Hall–Kier alpha value is -1.61. The van der Waals surface area contributed by atoms with Crippen molar-refractivity contribution >= 4 is 34.1 Å². The van der Waals surface area contributed by atoms with Gasteiger partial charge in [0.1, 0.15) is 5.82 Å². The molecule has 0 aliphatic carbocycles. The summed E-state index contributed by atoms with van der Waals surface area (Å²) in [6.07, 6.45) is 2.27. The molecule has 1 aromatic carbocycles. The minimum absolute atomic E-state index is 0.115. The van der Waals surface area contributed by atoms with E-state index in [-0.39, 0.29) is 11.8 Å². The number of carbonyl (C=O) groups is 1. The maximum Gasteiger partial charge on any atom is 0.228 e. The van der Waals surface area contributed by atoms with Crippen LogP contribution in [-0.4, -0.2) is 23.3 Å². The second kappa shape index (κ2) is 4.58. The van der Waals surface area contributed by atoms with E-state index in [0.717, 1.165) is 16.6 Å². The molecule has 0 spiro atoms. The lowest BCUT2D eigenvalue weighted by molar-refractivity contribution is -0.117. The second-order valence-electron chi connectivity index (χ2n) is 4.58. The number of nitrogens with zero attached hydrogens (tertiary/aromatic N) is 2. The highest BCUT2D eigenvalue weighted by Gasteiger charge is 2.31. The van der Waals surface area contributed by atoms with E-state index in [4.69, 9.17) is 11.6 Å². The van der Waals surface area contributed by atoms with Gasteiger partial charge in [-0.2, -0.15) is 0 Å². The largest absolute Gasteiger partial charge is 0.296 e. The molecular weight excluding hydrogens is 248 g/mol. The van der Waals surface area contributed by atoms with Crippen LogP contribution in [0.2, 0.25) is 0 Å². The minimum atomic E-state index is 0.115. The number of alkyl halides is 1. The number of amides is 1. The number of halogens is 1. The molecule has 18 heavy (non-hydrogen) atoms. The summed E-state index contributed by atoms with van der Waals surface area (Å²) in [4.78, 5) is 18.1. The molecule has 0 radical (unpaired) electrons. The summed E-state index contributed by atoms with van der Waals surface area (Å²) >= 11 is 5.84. The summed E-state index contributed by atoms with van der Waals surface area (Å²) in [6.45, 7) is 0.670. The second-order valence-corrected chi connectivity index (χ2v) is 4.89. The van der Waals surface area contributed by atoms with Crippen molar-refractivity contribution < 1.29 is 4.79 Å². The van der Waals surface area contributed by atoms with Crippen molar-refractivity contribution in [2.75, 3.05) is 17.3 Å². The Morgan fingerprint density at radius 3 is 2.94 bits per heavy atom. The number of carbonyl (C=O) groups excluding carboxylic acids is 1. The van der Waals surface area contributed by atoms with Gasteiger partial charge in [0.25, 0.3) is 0 Å². The Labute approximate surface area is 110 Å². The summed E-state index contributed by atoms with van der Waals surface area (Å²) in [5.74, 6) is 1.63. The number of anilines is 1. The summed E-state index contributed by atoms with van der Waals surface area (Å²) in [6, 6.07) is 9.93. The zero-order chi connectivity index (χ0) is 12.5. The van der Waals surface area contributed by atoms with Crippen LogP contribution in [0, 0.1) is 5.92 Å². The van der Waals surface area contributed by atoms with Gasteiger partial charge in [0.05, 0.1) is 0 Å². The number of pyridine rings is 1. The molecular formula is C14H13ClN2O. The van der Waals surface area contributed by atoms with E-state index in [9.17, 15) is 4.79 Å². The van der Waals surface area contributed by atoms with E-state index in [2.05, 4.69) is 4.98 Å². The number of hydrogen-bond acceptors (Lipinski definition) is 2. The van der Waals surface area contributed by atoms with Crippen LogP contribution in [0.1, 0.15) is 6.42 Å². The van der Waals surface area contributed by atoms with Crippen molar-refractivity contribution in [3.8, 4) is 0 Å². The molecule has 4 heteroatoms. The molecule has 1 saturated heterocycles. The molecule has 1 aliphatic rings. The van der Waals surface area contributed by atoms with E-state index in [1.165, 1.54) is 0 Å². The van der Waals surface area contributed by atoms with Gasteiger partial charge in [-0.3, -0.25) is 9.69 Å². The maximum absolute atomic E-state index is 12.0. The highest BCUT2D eigenvalue weighted by Crippen LogP contribution is 2.29. The number of hydrogen-bond donors (Lipinski definition) is 0. The number of aromatic nitrogens is 1. The monoisotopic (exact) mass is 260 g/mol. The molecule has 1 aromatic heterocycles. The first-order valence-electron chi connectivity index (χ1n) is 5.99. The van der Waals surface area contributed by atoms with Crippen molar-refractivity contribution in [1.82, 2.24) is 4.98 Å². The Balaban J connectivity index is 2.07. The number of fused-ring (bicyclic) bond motifs is 1. The normalized spacial score (nSPS) is 19.7. The Morgan fingerprint density at radius 2 is 2.17 bits per heavy atom. The van der Waals surface area contributed by atoms with Crippen molar-refractivity contribution in [2.45, 2.75) is 6.42 Å². The van der Waals surface area contributed by atoms with Crippen molar-refractivity contribution in [3.05, 3.63) is 36.5 Å². The summed E-state index contributed by atoms with van der Waals surface area (Å²) < 4.78 is 0. The molecule has 3 rings (SSSR count). The fraction of sp³-hybridized carbons (Fsp3) is 0.286. The van der Waals surface area contributed by atoms with Gasteiger partial charge in [-0.05, 0) is 17.4 Å². The van der Waals surface area contributed by atoms with Crippen LogP contribution < -0.4 is 4.90 Å². The first-order valence-corrected chi connectivity index (χ1v) is 6.53. The van der Waals surface area contributed by atoms with E-state index >= 15 is 0 Å². The summed E-state index contributed by atoms with van der Waals surface area (Å²) in [7, 11) is 0. The van der Waals surface area contributed by atoms with Gasteiger partial charge in [-0.15, -0.1) is 11.6 Å². The molecule has 0 N–H and O–H groups in total. The highest BCUT2D eigenvalue weighted by atomic mass is 35.5. The number of benzene rings is 1. The molecule has 0 bridgehead atoms. The minimum Gasteiger partial charge on any atom is -0.296 e. The van der Waals surface area contributed by atoms with Crippen LogP contribution in [0.5, 0.6) is 0 Å². The van der Waals surface area contributed by atoms with Gasteiger partial charge in [-0.1, -0.05) is 24.3 Å². The highest BCUT2D eigenvalue weighted by molar-refractivity contribution is 6.18. The van der Waals surface area contributed by atoms with Crippen molar-refractivity contribution in [3.63, 3.8) is 0 Å².